The molecular weight excluding hydrogens is 174 g/mol. The fraction of sp³-hybridized carbons (Fsp3) is 0.500. The van der Waals surface area contributed by atoms with E-state index in [-0.39, 0.29) is 0 Å². The second-order valence-electron chi connectivity index (χ2n) is 3.88. The molecule has 0 spiro atoms. The molecule has 2 rings (SSSR count). The van der Waals surface area contributed by atoms with Crippen LogP contribution in [-0.2, 0) is 0 Å². The van der Waals surface area contributed by atoms with Gasteiger partial charge in [-0.15, -0.1) is 0 Å². The maximum atomic E-state index is 10.1. The minimum absolute atomic E-state index is 0.406. The van der Waals surface area contributed by atoms with Crippen LogP contribution in [0.1, 0.15) is 31.1 Å². The second-order valence-corrected chi connectivity index (χ2v) is 3.88. The van der Waals surface area contributed by atoms with E-state index in [0.29, 0.717) is 0 Å². The van der Waals surface area contributed by atoms with E-state index < -0.39 is 6.23 Å². The standard InChI is InChI=1S/C12H17NO/c14-12(11-7-3-1-4-8-11)13-9-5-2-6-10-13/h1,3-4,7-8,12,14H,2,5-6,9-10H2/t12-/m1/s1. The Labute approximate surface area is 85.2 Å². The maximum absolute atomic E-state index is 10.1. The van der Waals surface area contributed by atoms with E-state index in [2.05, 4.69) is 4.90 Å². The number of aliphatic hydroxyl groups excluding tert-OH is 1. The predicted molar refractivity (Wildman–Crippen MR) is 56.8 cm³/mol. The smallest absolute Gasteiger partial charge is 0.133 e. The summed E-state index contributed by atoms with van der Waals surface area (Å²) in [4.78, 5) is 2.15. The molecule has 2 nitrogen and oxygen atoms in total. The van der Waals surface area contributed by atoms with Gasteiger partial charge in [0.1, 0.15) is 6.23 Å². The van der Waals surface area contributed by atoms with Crippen molar-refractivity contribution in [3.8, 4) is 0 Å². The molecule has 0 aliphatic carbocycles. The zero-order valence-corrected chi connectivity index (χ0v) is 8.39. The maximum Gasteiger partial charge on any atom is 0.133 e. The van der Waals surface area contributed by atoms with Crippen molar-refractivity contribution in [1.29, 1.82) is 0 Å². The summed E-state index contributed by atoms with van der Waals surface area (Å²) in [5, 5.41) is 10.1. The van der Waals surface area contributed by atoms with Gasteiger partial charge in [0, 0.05) is 13.1 Å². The Balaban J connectivity index is 2.03. The number of likely N-dealkylation sites (tertiary alicyclic amines) is 1. The highest BCUT2D eigenvalue weighted by molar-refractivity contribution is 5.16. The van der Waals surface area contributed by atoms with E-state index in [4.69, 9.17) is 0 Å². The largest absolute Gasteiger partial charge is 0.374 e. The first-order valence-electron chi connectivity index (χ1n) is 5.35. The number of aliphatic hydroxyl groups is 1. The summed E-state index contributed by atoms with van der Waals surface area (Å²) in [6, 6.07) is 9.90. The highest BCUT2D eigenvalue weighted by atomic mass is 16.3. The third kappa shape index (κ3) is 2.14. The lowest BCUT2D eigenvalue weighted by atomic mass is 10.1. The molecule has 1 aliphatic rings. The van der Waals surface area contributed by atoms with Crippen LogP contribution in [0, 0.1) is 0 Å². The van der Waals surface area contributed by atoms with Gasteiger partial charge in [0.2, 0.25) is 0 Å². The van der Waals surface area contributed by atoms with Crippen molar-refractivity contribution in [2.45, 2.75) is 25.5 Å². The molecule has 1 fully saturated rings. The summed E-state index contributed by atoms with van der Waals surface area (Å²) in [5.74, 6) is 0. The molecule has 0 bridgehead atoms. The highest BCUT2D eigenvalue weighted by Crippen LogP contribution is 2.21. The molecule has 1 aromatic rings. The summed E-state index contributed by atoms with van der Waals surface area (Å²) < 4.78 is 0. The van der Waals surface area contributed by atoms with Crippen LogP contribution in [0.2, 0.25) is 0 Å². The van der Waals surface area contributed by atoms with Gasteiger partial charge in [-0.05, 0) is 18.4 Å². The van der Waals surface area contributed by atoms with E-state index in [9.17, 15) is 5.11 Å². The van der Waals surface area contributed by atoms with E-state index >= 15 is 0 Å². The Morgan fingerprint density at radius 2 is 1.64 bits per heavy atom. The van der Waals surface area contributed by atoms with Crippen LogP contribution >= 0.6 is 0 Å². The number of nitrogens with zero attached hydrogens (tertiary/aromatic N) is 1. The van der Waals surface area contributed by atoms with Crippen molar-refractivity contribution < 1.29 is 5.11 Å². The molecule has 1 aromatic carbocycles. The molecule has 0 aromatic heterocycles. The van der Waals surface area contributed by atoms with Crippen molar-refractivity contribution in [2.75, 3.05) is 13.1 Å². The highest BCUT2D eigenvalue weighted by Gasteiger charge is 2.18. The Morgan fingerprint density at radius 1 is 1.00 bits per heavy atom. The average Bonchev–Trinajstić information content (AvgIpc) is 2.30. The Bertz CT molecular complexity index is 267. The third-order valence-corrected chi connectivity index (χ3v) is 2.83. The van der Waals surface area contributed by atoms with Gasteiger partial charge in [-0.2, -0.15) is 0 Å². The zero-order chi connectivity index (χ0) is 9.80. The third-order valence-electron chi connectivity index (χ3n) is 2.83. The van der Waals surface area contributed by atoms with Gasteiger partial charge in [-0.25, -0.2) is 0 Å². The fourth-order valence-electron chi connectivity index (χ4n) is 2.00. The van der Waals surface area contributed by atoms with Gasteiger partial charge < -0.3 is 5.11 Å². The summed E-state index contributed by atoms with van der Waals surface area (Å²) in [7, 11) is 0. The molecular formula is C12H17NO. The molecule has 76 valence electrons. The van der Waals surface area contributed by atoms with E-state index in [1.165, 1.54) is 19.3 Å². The van der Waals surface area contributed by atoms with Gasteiger partial charge in [-0.1, -0.05) is 36.8 Å². The second kappa shape index (κ2) is 4.58. The number of benzene rings is 1. The molecule has 0 saturated carbocycles. The van der Waals surface area contributed by atoms with Crippen molar-refractivity contribution in [3.05, 3.63) is 35.9 Å². The van der Waals surface area contributed by atoms with Gasteiger partial charge in [0.25, 0.3) is 0 Å². The molecule has 1 atom stereocenters. The van der Waals surface area contributed by atoms with Crippen molar-refractivity contribution in [3.63, 3.8) is 0 Å². The van der Waals surface area contributed by atoms with Gasteiger partial charge in [0.15, 0.2) is 0 Å². The Kier molecular flexibility index (Phi) is 3.17. The molecule has 2 heteroatoms. The van der Waals surface area contributed by atoms with Gasteiger partial charge >= 0.3 is 0 Å². The quantitative estimate of drug-likeness (QED) is 0.774. The number of piperidine rings is 1. The molecule has 0 radical (unpaired) electrons. The van der Waals surface area contributed by atoms with E-state index in [1.807, 2.05) is 30.3 Å². The molecule has 1 aliphatic heterocycles. The number of hydrogen-bond acceptors (Lipinski definition) is 2. The topological polar surface area (TPSA) is 23.5 Å². The van der Waals surface area contributed by atoms with E-state index in [1.54, 1.807) is 0 Å². The lowest BCUT2D eigenvalue weighted by Gasteiger charge is -2.31. The lowest BCUT2D eigenvalue weighted by molar-refractivity contribution is -0.00982. The minimum atomic E-state index is -0.406. The van der Waals surface area contributed by atoms with Crippen LogP contribution in [0.3, 0.4) is 0 Å². The zero-order valence-electron chi connectivity index (χ0n) is 8.39. The molecule has 1 saturated heterocycles. The molecule has 0 unspecified atom stereocenters. The predicted octanol–water partition coefficient (Wildman–Crippen LogP) is 2.16. The normalized spacial score (nSPS) is 20.6. The summed E-state index contributed by atoms with van der Waals surface area (Å²) in [5.41, 5.74) is 1.01. The number of hydrogen-bond donors (Lipinski definition) is 1. The molecule has 1 heterocycles. The van der Waals surface area contributed by atoms with Gasteiger partial charge in [0.05, 0.1) is 0 Å². The first kappa shape index (κ1) is 9.69. The SMILES string of the molecule is O[C@H](c1ccccc1)N1CCCCC1. The first-order valence-corrected chi connectivity index (χ1v) is 5.35. The average molecular weight is 191 g/mol. The van der Waals surface area contributed by atoms with Gasteiger partial charge in [-0.3, -0.25) is 4.90 Å². The van der Waals surface area contributed by atoms with Crippen LogP contribution in [0.15, 0.2) is 30.3 Å². The van der Waals surface area contributed by atoms with Crippen molar-refractivity contribution in [1.82, 2.24) is 4.90 Å². The Hall–Kier alpha value is -0.860. The molecule has 0 amide bonds. The van der Waals surface area contributed by atoms with Crippen molar-refractivity contribution >= 4 is 0 Å². The Morgan fingerprint density at radius 3 is 2.29 bits per heavy atom. The minimum Gasteiger partial charge on any atom is -0.374 e. The van der Waals surface area contributed by atoms with Crippen LogP contribution in [-0.4, -0.2) is 23.1 Å². The summed E-state index contributed by atoms with van der Waals surface area (Å²) in [6.07, 6.45) is 3.32. The van der Waals surface area contributed by atoms with E-state index in [0.717, 1.165) is 18.7 Å². The lowest BCUT2D eigenvalue weighted by Crippen LogP contribution is -2.33. The van der Waals surface area contributed by atoms with Crippen LogP contribution in [0.5, 0.6) is 0 Å². The summed E-state index contributed by atoms with van der Waals surface area (Å²) >= 11 is 0. The monoisotopic (exact) mass is 191 g/mol. The molecule has 1 N–H and O–H groups in total. The van der Waals surface area contributed by atoms with Crippen LogP contribution in [0.25, 0.3) is 0 Å². The molecule has 14 heavy (non-hydrogen) atoms. The number of rotatable bonds is 2. The van der Waals surface area contributed by atoms with Crippen molar-refractivity contribution in [2.24, 2.45) is 0 Å². The first-order chi connectivity index (χ1) is 6.88. The van der Waals surface area contributed by atoms with Crippen LogP contribution < -0.4 is 0 Å². The summed E-state index contributed by atoms with van der Waals surface area (Å²) in [6.45, 7) is 2.05. The fourth-order valence-corrected chi connectivity index (χ4v) is 2.00. The van der Waals surface area contributed by atoms with Crippen LogP contribution in [0.4, 0.5) is 0 Å².